The first-order chi connectivity index (χ1) is 13.4. The molecule has 28 heavy (non-hydrogen) atoms. The molecule has 0 unspecified atom stereocenters. The Labute approximate surface area is 174 Å². The molecule has 2 aliphatic rings. The van der Waals surface area contributed by atoms with Crippen LogP contribution in [0.2, 0.25) is 0 Å². The average Bonchev–Trinajstić information content (AvgIpc) is 2.73. The summed E-state index contributed by atoms with van der Waals surface area (Å²) in [6.45, 7) is 2.52. The molecule has 1 amide bonds. The Kier molecular flexibility index (Phi) is 7.32. The molecule has 0 spiro atoms. The lowest BCUT2D eigenvalue weighted by Gasteiger charge is -2.36. The third-order valence-electron chi connectivity index (χ3n) is 5.07. The van der Waals surface area contributed by atoms with E-state index < -0.39 is 10.2 Å². The second-order valence-electron chi connectivity index (χ2n) is 6.89. The molecule has 156 valence electrons. The van der Waals surface area contributed by atoms with Crippen molar-refractivity contribution in [1.29, 1.82) is 0 Å². The van der Waals surface area contributed by atoms with Gasteiger partial charge in [-0.05, 0) is 31.0 Å². The number of hydrogen-bond donors (Lipinski definition) is 1. The Morgan fingerprint density at radius 1 is 1.29 bits per heavy atom. The second kappa shape index (κ2) is 9.53. The third kappa shape index (κ3) is 5.04. The molecule has 8 nitrogen and oxygen atoms in total. The minimum atomic E-state index is -3.55. The van der Waals surface area contributed by atoms with E-state index in [0.29, 0.717) is 58.0 Å². The fraction of sp³-hybridized carbons (Fsp3) is 0.611. The van der Waals surface area contributed by atoms with E-state index in [1.54, 1.807) is 7.11 Å². The van der Waals surface area contributed by atoms with E-state index in [-0.39, 0.29) is 18.4 Å². The number of nitrogens with one attached hydrogen (secondary N) is 1. The maximum absolute atomic E-state index is 12.9. The summed E-state index contributed by atoms with van der Waals surface area (Å²) in [5.41, 5.74) is 0.860. The van der Waals surface area contributed by atoms with E-state index in [1.165, 1.54) is 8.61 Å². The number of ether oxygens (including phenoxy) is 2. The highest BCUT2D eigenvalue weighted by molar-refractivity contribution is 9.10. The van der Waals surface area contributed by atoms with E-state index >= 15 is 0 Å². The fourth-order valence-corrected chi connectivity index (χ4v) is 5.59. The van der Waals surface area contributed by atoms with Gasteiger partial charge in [0.05, 0.1) is 26.2 Å². The van der Waals surface area contributed by atoms with Gasteiger partial charge in [-0.3, -0.25) is 4.79 Å². The van der Waals surface area contributed by atoms with Gasteiger partial charge in [0, 0.05) is 42.8 Å². The van der Waals surface area contributed by atoms with Gasteiger partial charge >= 0.3 is 0 Å². The highest BCUT2D eigenvalue weighted by Gasteiger charge is 2.36. The van der Waals surface area contributed by atoms with Crippen molar-refractivity contribution in [3.8, 4) is 5.75 Å². The van der Waals surface area contributed by atoms with Gasteiger partial charge in [-0.15, -0.1) is 0 Å². The van der Waals surface area contributed by atoms with E-state index in [2.05, 4.69) is 21.2 Å². The third-order valence-corrected chi connectivity index (χ3v) is 7.57. The molecule has 2 aliphatic heterocycles. The van der Waals surface area contributed by atoms with Gasteiger partial charge in [-0.25, -0.2) is 0 Å². The summed E-state index contributed by atoms with van der Waals surface area (Å²) in [6.07, 6.45) is 1.35. The highest BCUT2D eigenvalue weighted by atomic mass is 79.9. The van der Waals surface area contributed by atoms with Crippen molar-refractivity contribution in [3.63, 3.8) is 0 Å². The van der Waals surface area contributed by atoms with Gasteiger partial charge in [-0.1, -0.05) is 15.9 Å². The zero-order valence-corrected chi connectivity index (χ0v) is 18.3. The molecule has 1 N–H and O–H groups in total. The maximum atomic E-state index is 12.9. The number of halogens is 1. The van der Waals surface area contributed by atoms with E-state index in [1.807, 2.05) is 18.2 Å². The normalized spacial score (nSPS) is 22.0. The molecule has 1 atom stereocenters. The van der Waals surface area contributed by atoms with Crippen molar-refractivity contribution in [2.24, 2.45) is 5.92 Å². The summed E-state index contributed by atoms with van der Waals surface area (Å²) < 4.78 is 40.1. The van der Waals surface area contributed by atoms with Crippen LogP contribution in [0.3, 0.4) is 0 Å². The van der Waals surface area contributed by atoms with E-state index in [9.17, 15) is 13.2 Å². The molecule has 3 rings (SSSR count). The largest absolute Gasteiger partial charge is 0.496 e. The first kappa shape index (κ1) is 21.5. The van der Waals surface area contributed by atoms with Crippen molar-refractivity contribution in [2.75, 3.05) is 46.5 Å². The van der Waals surface area contributed by atoms with Gasteiger partial charge in [0.1, 0.15) is 5.75 Å². The number of piperidine rings is 1. The predicted octanol–water partition coefficient (Wildman–Crippen LogP) is 1.36. The number of carbonyl (C=O) groups excluding carboxylic acids is 1. The number of nitrogens with zero attached hydrogens (tertiary/aromatic N) is 2. The number of carbonyl (C=O) groups is 1. The van der Waals surface area contributed by atoms with Crippen LogP contribution >= 0.6 is 15.9 Å². The van der Waals surface area contributed by atoms with Crippen LogP contribution < -0.4 is 10.1 Å². The smallest absolute Gasteiger partial charge is 0.282 e. The molecule has 0 saturated carbocycles. The zero-order valence-electron chi connectivity index (χ0n) is 15.9. The van der Waals surface area contributed by atoms with Crippen molar-refractivity contribution >= 4 is 32.0 Å². The van der Waals surface area contributed by atoms with Gasteiger partial charge in [0.15, 0.2) is 0 Å². The number of benzene rings is 1. The van der Waals surface area contributed by atoms with Crippen LogP contribution in [0.4, 0.5) is 0 Å². The van der Waals surface area contributed by atoms with Gasteiger partial charge in [-0.2, -0.15) is 17.0 Å². The number of amides is 1. The SMILES string of the molecule is COc1ccc(Br)cc1CNC(=O)[C@H]1CCCN(S(=O)(=O)N2CCOCC2)C1. The summed E-state index contributed by atoms with van der Waals surface area (Å²) in [7, 11) is -1.97. The standard InChI is InChI=1S/C18H26BrN3O5S/c1-26-17-5-4-16(19)11-15(17)12-20-18(23)14-3-2-6-22(13-14)28(24,25)21-7-9-27-10-8-21/h4-5,11,14H,2-3,6-10,12-13H2,1H3,(H,20,23)/t14-/m0/s1. The topological polar surface area (TPSA) is 88.2 Å². The summed E-state index contributed by atoms with van der Waals surface area (Å²) in [4.78, 5) is 12.7. The first-order valence-electron chi connectivity index (χ1n) is 9.35. The van der Waals surface area contributed by atoms with Gasteiger partial charge < -0.3 is 14.8 Å². The Morgan fingerprint density at radius 2 is 2.04 bits per heavy atom. The summed E-state index contributed by atoms with van der Waals surface area (Å²) in [6, 6.07) is 5.61. The molecule has 0 bridgehead atoms. The molecular weight excluding hydrogens is 450 g/mol. The van der Waals surface area contributed by atoms with Crippen LogP contribution in [0.1, 0.15) is 18.4 Å². The molecule has 2 saturated heterocycles. The minimum absolute atomic E-state index is 0.135. The maximum Gasteiger partial charge on any atom is 0.282 e. The van der Waals surface area contributed by atoms with Gasteiger partial charge in [0.25, 0.3) is 10.2 Å². The molecule has 2 heterocycles. The molecule has 10 heteroatoms. The van der Waals surface area contributed by atoms with Crippen molar-refractivity contribution < 1.29 is 22.7 Å². The zero-order chi connectivity index (χ0) is 20.1. The monoisotopic (exact) mass is 475 g/mol. The van der Waals surface area contributed by atoms with Crippen LogP contribution in [-0.2, 0) is 26.3 Å². The van der Waals surface area contributed by atoms with E-state index in [4.69, 9.17) is 9.47 Å². The lowest BCUT2D eigenvalue weighted by Crippen LogP contribution is -2.52. The Bertz CT molecular complexity index is 798. The molecule has 1 aromatic carbocycles. The van der Waals surface area contributed by atoms with Crippen LogP contribution in [0.25, 0.3) is 0 Å². The number of hydrogen-bond acceptors (Lipinski definition) is 5. The van der Waals surface area contributed by atoms with Crippen molar-refractivity contribution in [2.45, 2.75) is 19.4 Å². The molecule has 0 aliphatic carbocycles. The minimum Gasteiger partial charge on any atom is -0.496 e. The lowest BCUT2D eigenvalue weighted by molar-refractivity contribution is -0.126. The Balaban J connectivity index is 1.61. The highest BCUT2D eigenvalue weighted by Crippen LogP contribution is 2.24. The van der Waals surface area contributed by atoms with Gasteiger partial charge in [0.2, 0.25) is 5.91 Å². The molecule has 0 aromatic heterocycles. The predicted molar refractivity (Wildman–Crippen MR) is 108 cm³/mol. The molecule has 2 fully saturated rings. The number of morpholine rings is 1. The number of methoxy groups -OCH3 is 1. The van der Waals surface area contributed by atoms with Crippen LogP contribution in [0, 0.1) is 5.92 Å². The first-order valence-corrected chi connectivity index (χ1v) is 11.5. The average molecular weight is 476 g/mol. The Morgan fingerprint density at radius 3 is 2.75 bits per heavy atom. The lowest BCUT2D eigenvalue weighted by atomic mass is 9.98. The summed E-state index contributed by atoms with van der Waals surface area (Å²) >= 11 is 3.42. The summed E-state index contributed by atoms with van der Waals surface area (Å²) in [5, 5.41) is 2.93. The van der Waals surface area contributed by atoms with Crippen LogP contribution in [0.5, 0.6) is 5.75 Å². The quantitative estimate of drug-likeness (QED) is 0.670. The fourth-order valence-electron chi connectivity index (χ4n) is 3.52. The van der Waals surface area contributed by atoms with Crippen LogP contribution in [-0.4, -0.2) is 69.4 Å². The van der Waals surface area contributed by atoms with Crippen molar-refractivity contribution in [3.05, 3.63) is 28.2 Å². The van der Waals surface area contributed by atoms with E-state index in [0.717, 1.165) is 10.0 Å². The molecular formula is C18H26BrN3O5S. The number of rotatable bonds is 6. The molecule has 0 radical (unpaired) electrons. The summed E-state index contributed by atoms with van der Waals surface area (Å²) in [5.74, 6) is 0.204. The second-order valence-corrected chi connectivity index (χ2v) is 9.73. The van der Waals surface area contributed by atoms with Crippen LogP contribution in [0.15, 0.2) is 22.7 Å². The Hall–Kier alpha value is -1.20. The molecule has 1 aromatic rings. The van der Waals surface area contributed by atoms with Crippen molar-refractivity contribution in [1.82, 2.24) is 13.9 Å².